The van der Waals surface area contributed by atoms with Crippen LogP contribution in [0, 0.1) is 5.92 Å². The maximum absolute atomic E-state index is 14.6. The number of carbonyl (C=O) groups is 4. The Kier molecular flexibility index (Phi) is 10.5. The number of amides is 2. The van der Waals surface area contributed by atoms with Gasteiger partial charge in [-0.2, -0.15) is 0 Å². The van der Waals surface area contributed by atoms with Crippen LogP contribution >= 0.6 is 0 Å². The largest absolute Gasteiger partial charge is 0.458 e. The number of nitrogens with one attached hydrogen (secondary N) is 1. The van der Waals surface area contributed by atoms with Crippen molar-refractivity contribution in [1.82, 2.24) is 10.2 Å². The number of hydrogen-bond acceptors (Lipinski definition) is 7. The first-order valence-electron chi connectivity index (χ1n) is 17.4. The number of ether oxygens (including phenoxy) is 3. The highest BCUT2D eigenvalue weighted by Gasteiger charge is 2.57. The predicted octanol–water partition coefficient (Wildman–Crippen LogP) is 5.33. The molecule has 2 unspecified atom stereocenters. The number of rotatable bonds is 10. The number of hydrogen-bond donors (Lipinski definition) is 1. The second-order valence-corrected chi connectivity index (χ2v) is 15.1. The topological polar surface area (TPSA) is 111 Å². The quantitative estimate of drug-likeness (QED) is 0.208. The van der Waals surface area contributed by atoms with Crippen molar-refractivity contribution in [3.05, 3.63) is 71.8 Å². The molecule has 0 aliphatic carbocycles. The van der Waals surface area contributed by atoms with Crippen molar-refractivity contribution < 1.29 is 37.9 Å². The number of quaternary nitrogens is 1. The van der Waals surface area contributed by atoms with E-state index in [4.69, 9.17) is 14.2 Å². The van der Waals surface area contributed by atoms with E-state index in [0.29, 0.717) is 23.2 Å². The third kappa shape index (κ3) is 7.38. The molecule has 10 heteroatoms. The van der Waals surface area contributed by atoms with Crippen molar-refractivity contribution in [3.63, 3.8) is 0 Å². The van der Waals surface area contributed by atoms with E-state index in [1.165, 1.54) is 42.4 Å². The Morgan fingerprint density at radius 3 is 1.85 bits per heavy atom. The van der Waals surface area contributed by atoms with Crippen LogP contribution in [-0.4, -0.2) is 89.8 Å². The van der Waals surface area contributed by atoms with Gasteiger partial charge in [0.15, 0.2) is 0 Å². The van der Waals surface area contributed by atoms with Gasteiger partial charge in [0.1, 0.15) is 24.3 Å². The second kappa shape index (κ2) is 14.3. The predicted molar refractivity (Wildman–Crippen MR) is 181 cm³/mol. The molecule has 0 radical (unpaired) electrons. The van der Waals surface area contributed by atoms with Gasteiger partial charge in [-0.25, -0.2) is 9.59 Å². The minimum atomic E-state index is -1.90. The van der Waals surface area contributed by atoms with Gasteiger partial charge in [-0.15, -0.1) is 0 Å². The van der Waals surface area contributed by atoms with Gasteiger partial charge in [-0.05, 0) is 26.7 Å². The summed E-state index contributed by atoms with van der Waals surface area (Å²) in [6.45, 7) is 10.8. The van der Waals surface area contributed by atoms with Gasteiger partial charge in [-0.1, -0.05) is 74.5 Å². The molecule has 2 aromatic rings. The van der Waals surface area contributed by atoms with Crippen LogP contribution in [0.3, 0.4) is 0 Å². The number of nitrogens with zero attached hydrogens (tertiary/aromatic N) is 2. The lowest BCUT2D eigenvalue weighted by Gasteiger charge is -2.47. The average molecular weight is 663 g/mol. The molecule has 1 N–H and O–H groups in total. The van der Waals surface area contributed by atoms with E-state index >= 15 is 0 Å². The van der Waals surface area contributed by atoms with Crippen LogP contribution < -0.4 is 5.32 Å². The van der Waals surface area contributed by atoms with Crippen LogP contribution in [0.5, 0.6) is 0 Å². The summed E-state index contributed by atoms with van der Waals surface area (Å²) in [4.78, 5) is 55.8. The van der Waals surface area contributed by atoms with Crippen LogP contribution in [0.4, 0.5) is 4.79 Å². The zero-order valence-electron chi connectivity index (χ0n) is 29.3. The zero-order chi connectivity index (χ0) is 34.7. The summed E-state index contributed by atoms with van der Waals surface area (Å²) in [6.07, 6.45) is 5.40. The number of carbonyl (C=O) groups excluding carboxylic acids is 4. The lowest BCUT2D eigenvalue weighted by molar-refractivity contribution is -0.956. The van der Waals surface area contributed by atoms with Crippen molar-refractivity contribution in [2.24, 2.45) is 5.92 Å². The SMILES string of the molecule is CC(C)[C@H](NC(=O)OC(C)(C)C)C(=O)N(C)CC(=O)OC(C(=O)OC1CC2CCC(C1)[N+]21CCCC1)(c1ccccc1)c1ccccc1. The lowest BCUT2D eigenvalue weighted by Crippen LogP contribution is -2.60. The Balaban J connectivity index is 1.39. The van der Waals surface area contributed by atoms with E-state index in [0.717, 1.165) is 25.7 Å². The molecule has 2 amide bonds. The van der Waals surface area contributed by atoms with Gasteiger partial charge >= 0.3 is 18.0 Å². The molecule has 5 rings (SSSR count). The molecular weight excluding hydrogens is 610 g/mol. The molecular formula is C38H52N3O7+. The fraction of sp³-hybridized carbons (Fsp3) is 0.579. The van der Waals surface area contributed by atoms with Gasteiger partial charge in [0.05, 0.1) is 25.2 Å². The molecule has 0 aromatic heterocycles. The Morgan fingerprint density at radius 1 is 0.854 bits per heavy atom. The van der Waals surface area contributed by atoms with Crippen LogP contribution in [-0.2, 0) is 34.2 Å². The first-order chi connectivity index (χ1) is 22.7. The monoisotopic (exact) mass is 662 g/mol. The van der Waals surface area contributed by atoms with Crippen molar-refractivity contribution in [3.8, 4) is 0 Å². The average Bonchev–Trinajstić information content (AvgIpc) is 3.58. The number of esters is 2. The Labute approximate surface area is 284 Å². The smallest absolute Gasteiger partial charge is 0.408 e. The van der Waals surface area contributed by atoms with Crippen molar-refractivity contribution >= 4 is 23.9 Å². The van der Waals surface area contributed by atoms with E-state index in [2.05, 4.69) is 5.32 Å². The molecule has 2 bridgehead atoms. The summed E-state index contributed by atoms with van der Waals surface area (Å²) >= 11 is 0. The molecule has 3 heterocycles. The summed E-state index contributed by atoms with van der Waals surface area (Å²) < 4.78 is 19.2. The maximum atomic E-state index is 14.6. The van der Waals surface area contributed by atoms with Crippen LogP contribution in [0.1, 0.15) is 84.3 Å². The second-order valence-electron chi connectivity index (χ2n) is 15.1. The van der Waals surface area contributed by atoms with Gasteiger partial charge in [0, 0.05) is 56.7 Å². The molecule has 3 saturated heterocycles. The normalized spacial score (nSPS) is 22.2. The van der Waals surface area contributed by atoms with Crippen molar-refractivity contribution in [2.45, 2.75) is 109 Å². The summed E-state index contributed by atoms with van der Waals surface area (Å²) in [7, 11) is 1.47. The standard InChI is InChI=1S/C38H51N3O7/c1-26(2)33(39-36(45)48-37(3,4)5)34(43)40(6)25-32(42)47-38(27-15-9-7-10-16-27,28-17-11-8-12-18-28)35(44)46-31-23-29-19-20-30(24-31)41(29)21-13-14-22-41/h7-12,15-18,26,29-31,33H,13-14,19-25H2,1-6H3/p+1/t29?,30?,31?,33-/m0/s1. The molecule has 10 nitrogen and oxygen atoms in total. The zero-order valence-corrected chi connectivity index (χ0v) is 29.3. The molecule has 260 valence electrons. The Hall–Kier alpha value is -3.92. The van der Waals surface area contributed by atoms with E-state index in [1.807, 2.05) is 12.1 Å². The van der Waals surface area contributed by atoms with Crippen molar-refractivity contribution in [2.75, 3.05) is 26.7 Å². The number of benzene rings is 2. The Morgan fingerprint density at radius 2 is 1.38 bits per heavy atom. The first kappa shape index (κ1) is 35.4. The van der Waals surface area contributed by atoms with E-state index in [1.54, 1.807) is 83.1 Å². The molecule has 48 heavy (non-hydrogen) atoms. The summed E-state index contributed by atoms with van der Waals surface area (Å²) in [5, 5.41) is 2.64. The van der Waals surface area contributed by atoms with Gasteiger partial charge in [0.25, 0.3) is 5.60 Å². The lowest BCUT2D eigenvalue weighted by atomic mass is 9.85. The first-order valence-corrected chi connectivity index (χ1v) is 17.4. The van der Waals surface area contributed by atoms with E-state index < -0.39 is 47.7 Å². The minimum absolute atomic E-state index is 0.278. The molecule has 3 atom stereocenters. The third-order valence-corrected chi connectivity index (χ3v) is 10.3. The highest BCUT2D eigenvalue weighted by Crippen LogP contribution is 2.47. The summed E-state index contributed by atoms with van der Waals surface area (Å²) in [5.74, 6) is -2.22. The Bertz CT molecular complexity index is 1390. The van der Waals surface area contributed by atoms with Gasteiger partial charge in [0.2, 0.25) is 5.91 Å². The van der Waals surface area contributed by atoms with Gasteiger partial charge < -0.3 is 28.9 Å². The van der Waals surface area contributed by atoms with E-state index in [-0.39, 0.29) is 12.0 Å². The van der Waals surface area contributed by atoms with Crippen LogP contribution in [0.2, 0.25) is 0 Å². The highest BCUT2D eigenvalue weighted by atomic mass is 16.6. The number of piperidine rings is 1. The fourth-order valence-corrected chi connectivity index (χ4v) is 8.11. The molecule has 0 saturated carbocycles. The molecule has 1 spiro atoms. The summed E-state index contributed by atoms with van der Waals surface area (Å²) in [5.41, 5.74) is -1.73. The highest BCUT2D eigenvalue weighted by molar-refractivity contribution is 5.91. The minimum Gasteiger partial charge on any atom is -0.458 e. The fourth-order valence-electron chi connectivity index (χ4n) is 8.11. The number of alkyl carbamates (subject to hydrolysis) is 1. The molecule has 3 aliphatic rings. The number of likely N-dealkylation sites (N-methyl/N-ethyl adjacent to an activating group) is 1. The maximum Gasteiger partial charge on any atom is 0.408 e. The molecule has 2 aromatic carbocycles. The molecule has 3 fully saturated rings. The van der Waals surface area contributed by atoms with Gasteiger partial charge in [-0.3, -0.25) is 9.59 Å². The molecule has 3 aliphatic heterocycles. The third-order valence-electron chi connectivity index (χ3n) is 10.3. The van der Waals surface area contributed by atoms with Crippen LogP contribution in [0.25, 0.3) is 0 Å². The van der Waals surface area contributed by atoms with Crippen molar-refractivity contribution in [1.29, 1.82) is 0 Å². The van der Waals surface area contributed by atoms with E-state index in [9.17, 15) is 19.2 Å². The summed E-state index contributed by atoms with van der Waals surface area (Å²) in [6, 6.07) is 17.9. The van der Waals surface area contributed by atoms with Crippen LogP contribution in [0.15, 0.2) is 60.7 Å².